The fourth-order valence-electron chi connectivity index (χ4n) is 2.97. The maximum Gasteiger partial charge on any atom is 0.222 e. The monoisotopic (exact) mass is 464 g/mol. The van der Waals surface area contributed by atoms with Crippen LogP contribution in [-0.4, -0.2) is 49.5 Å². The molecule has 5 nitrogen and oxygen atoms in total. The van der Waals surface area contributed by atoms with E-state index < -0.39 is 0 Å². The molecule has 2 N–H and O–H groups in total. The highest BCUT2D eigenvalue weighted by molar-refractivity contribution is 14.0. The molecule has 1 atom stereocenters. The SMILES string of the molecule is CCC(CCNC(=NC)NCCc1cccs1)N1CCCC1=O.I. The standard InChI is InChI=1S/C17H28N4OS.HI/c1-3-14(21-12-4-7-16(21)22)8-10-19-17(18-2)20-11-9-15-6-5-13-23-15;/h5-6,13-14H,3-4,7-12H2,1-2H3,(H2,18,19,20);1H. The number of halogens is 1. The number of likely N-dealkylation sites (tertiary alicyclic amines) is 1. The third kappa shape index (κ3) is 6.58. The molecular weight excluding hydrogens is 435 g/mol. The van der Waals surface area contributed by atoms with Gasteiger partial charge in [0.15, 0.2) is 5.96 Å². The fraction of sp³-hybridized carbons (Fsp3) is 0.647. The Hall–Kier alpha value is -0.830. The Kier molecular flexibility index (Phi) is 10.3. The van der Waals surface area contributed by atoms with E-state index in [1.807, 2.05) is 0 Å². The molecular formula is C17H29IN4OS. The molecule has 1 amide bonds. The Balaban J connectivity index is 0.00000288. The summed E-state index contributed by atoms with van der Waals surface area (Å²) in [6.45, 7) is 4.79. The van der Waals surface area contributed by atoms with Crippen molar-refractivity contribution in [1.29, 1.82) is 0 Å². The number of nitrogens with zero attached hydrogens (tertiary/aromatic N) is 2. The third-order valence-corrected chi connectivity index (χ3v) is 5.20. The van der Waals surface area contributed by atoms with Crippen LogP contribution in [-0.2, 0) is 11.2 Å². The summed E-state index contributed by atoms with van der Waals surface area (Å²) in [6, 6.07) is 4.58. The summed E-state index contributed by atoms with van der Waals surface area (Å²) in [7, 11) is 1.79. The van der Waals surface area contributed by atoms with Crippen molar-refractivity contribution in [2.24, 2.45) is 4.99 Å². The fourth-order valence-corrected chi connectivity index (χ4v) is 3.68. The van der Waals surface area contributed by atoms with Crippen molar-refractivity contribution in [3.63, 3.8) is 0 Å². The van der Waals surface area contributed by atoms with Crippen molar-refractivity contribution >= 4 is 47.2 Å². The molecule has 1 unspecified atom stereocenters. The van der Waals surface area contributed by atoms with Crippen molar-refractivity contribution in [2.45, 2.75) is 45.1 Å². The van der Waals surface area contributed by atoms with E-state index in [4.69, 9.17) is 0 Å². The zero-order chi connectivity index (χ0) is 16.5. The van der Waals surface area contributed by atoms with E-state index in [9.17, 15) is 4.79 Å². The van der Waals surface area contributed by atoms with Gasteiger partial charge in [0.1, 0.15) is 0 Å². The number of carbonyl (C=O) groups is 1. The van der Waals surface area contributed by atoms with Gasteiger partial charge >= 0.3 is 0 Å². The molecule has 1 aliphatic rings. The number of thiophene rings is 1. The Morgan fingerprint density at radius 2 is 2.21 bits per heavy atom. The van der Waals surface area contributed by atoms with Gasteiger partial charge in [0.05, 0.1) is 0 Å². The lowest BCUT2D eigenvalue weighted by atomic mass is 10.1. The summed E-state index contributed by atoms with van der Waals surface area (Å²) in [5.41, 5.74) is 0. The lowest BCUT2D eigenvalue weighted by Crippen LogP contribution is -2.42. The van der Waals surface area contributed by atoms with Crippen molar-refractivity contribution < 1.29 is 4.79 Å². The Morgan fingerprint density at radius 1 is 1.42 bits per heavy atom. The zero-order valence-corrected chi connectivity index (χ0v) is 17.7. The van der Waals surface area contributed by atoms with E-state index in [0.29, 0.717) is 11.9 Å². The molecule has 0 spiro atoms. The molecule has 1 saturated heterocycles. The second-order valence-electron chi connectivity index (χ2n) is 5.80. The van der Waals surface area contributed by atoms with Crippen molar-refractivity contribution in [1.82, 2.24) is 15.5 Å². The molecule has 0 aliphatic carbocycles. The van der Waals surface area contributed by atoms with Gasteiger partial charge in [-0.1, -0.05) is 13.0 Å². The molecule has 0 aromatic carbocycles. The lowest BCUT2D eigenvalue weighted by molar-refractivity contribution is -0.129. The normalized spacial score (nSPS) is 16.0. The van der Waals surface area contributed by atoms with Gasteiger partial charge in [0.2, 0.25) is 5.91 Å². The van der Waals surface area contributed by atoms with Gasteiger partial charge in [0.25, 0.3) is 0 Å². The van der Waals surface area contributed by atoms with Crippen LogP contribution in [0.5, 0.6) is 0 Å². The maximum atomic E-state index is 11.9. The van der Waals surface area contributed by atoms with E-state index in [2.05, 4.69) is 45.0 Å². The maximum absolute atomic E-state index is 11.9. The highest BCUT2D eigenvalue weighted by Crippen LogP contribution is 2.17. The number of hydrogen-bond donors (Lipinski definition) is 2. The third-order valence-electron chi connectivity index (χ3n) is 4.26. The summed E-state index contributed by atoms with van der Waals surface area (Å²) in [5, 5.41) is 8.80. The van der Waals surface area contributed by atoms with Gasteiger partial charge in [-0.25, -0.2) is 0 Å². The van der Waals surface area contributed by atoms with E-state index in [1.165, 1.54) is 4.88 Å². The first kappa shape index (κ1) is 21.2. The molecule has 24 heavy (non-hydrogen) atoms. The number of guanidine groups is 1. The minimum Gasteiger partial charge on any atom is -0.356 e. The van der Waals surface area contributed by atoms with E-state index in [0.717, 1.165) is 57.7 Å². The number of carbonyl (C=O) groups excluding carboxylic acids is 1. The number of rotatable bonds is 8. The van der Waals surface area contributed by atoms with Gasteiger partial charge in [-0.15, -0.1) is 35.3 Å². The van der Waals surface area contributed by atoms with Crippen LogP contribution in [0.2, 0.25) is 0 Å². The van der Waals surface area contributed by atoms with Crippen molar-refractivity contribution in [3.05, 3.63) is 22.4 Å². The summed E-state index contributed by atoms with van der Waals surface area (Å²) in [4.78, 5) is 19.5. The molecule has 1 aliphatic heterocycles. The molecule has 1 aromatic heterocycles. The molecule has 0 radical (unpaired) electrons. The van der Waals surface area contributed by atoms with E-state index in [1.54, 1.807) is 18.4 Å². The van der Waals surface area contributed by atoms with Crippen molar-refractivity contribution in [2.75, 3.05) is 26.7 Å². The van der Waals surface area contributed by atoms with Crippen LogP contribution in [0.1, 0.15) is 37.5 Å². The molecule has 136 valence electrons. The van der Waals surface area contributed by atoms with Crippen LogP contribution in [0.3, 0.4) is 0 Å². The molecule has 1 aromatic rings. The number of aliphatic imine (C=N–C) groups is 1. The van der Waals surface area contributed by atoms with Crippen LogP contribution in [0.4, 0.5) is 0 Å². The molecule has 2 heterocycles. The van der Waals surface area contributed by atoms with Crippen LogP contribution in [0.25, 0.3) is 0 Å². The van der Waals surface area contributed by atoms with Crippen LogP contribution >= 0.6 is 35.3 Å². The summed E-state index contributed by atoms with van der Waals surface area (Å²) in [5.74, 6) is 1.15. The van der Waals surface area contributed by atoms with Gasteiger partial charge in [0, 0.05) is 44.0 Å². The topological polar surface area (TPSA) is 56.7 Å². The van der Waals surface area contributed by atoms with Crippen LogP contribution < -0.4 is 10.6 Å². The summed E-state index contributed by atoms with van der Waals surface area (Å²) in [6.07, 6.45) is 4.72. The van der Waals surface area contributed by atoms with E-state index in [-0.39, 0.29) is 24.0 Å². The van der Waals surface area contributed by atoms with Gasteiger partial charge in [-0.2, -0.15) is 0 Å². The summed E-state index contributed by atoms with van der Waals surface area (Å²) < 4.78 is 0. The second kappa shape index (κ2) is 11.7. The lowest BCUT2D eigenvalue weighted by Gasteiger charge is -2.27. The zero-order valence-electron chi connectivity index (χ0n) is 14.6. The van der Waals surface area contributed by atoms with Gasteiger partial charge in [-0.05, 0) is 37.1 Å². The molecule has 7 heteroatoms. The highest BCUT2D eigenvalue weighted by atomic mass is 127. The predicted octanol–water partition coefficient (Wildman–Crippen LogP) is 2.86. The Bertz CT molecular complexity index is 507. The molecule has 0 bridgehead atoms. The first-order valence-electron chi connectivity index (χ1n) is 8.51. The largest absolute Gasteiger partial charge is 0.356 e. The van der Waals surface area contributed by atoms with Crippen LogP contribution in [0, 0.1) is 0 Å². The minimum atomic E-state index is 0. The molecule has 0 saturated carbocycles. The second-order valence-corrected chi connectivity index (χ2v) is 6.83. The quantitative estimate of drug-likeness (QED) is 0.354. The number of nitrogens with one attached hydrogen (secondary N) is 2. The molecule has 1 fully saturated rings. The highest BCUT2D eigenvalue weighted by Gasteiger charge is 2.26. The number of amides is 1. The minimum absolute atomic E-state index is 0. The van der Waals surface area contributed by atoms with Gasteiger partial charge in [-0.3, -0.25) is 9.79 Å². The first-order valence-corrected chi connectivity index (χ1v) is 9.39. The Labute approximate surface area is 166 Å². The summed E-state index contributed by atoms with van der Waals surface area (Å²) >= 11 is 1.78. The Morgan fingerprint density at radius 3 is 2.79 bits per heavy atom. The first-order chi connectivity index (χ1) is 11.2. The average Bonchev–Trinajstić information content (AvgIpc) is 3.22. The smallest absolute Gasteiger partial charge is 0.222 e. The van der Waals surface area contributed by atoms with E-state index >= 15 is 0 Å². The predicted molar refractivity (Wildman–Crippen MR) is 112 cm³/mol. The van der Waals surface area contributed by atoms with Gasteiger partial charge < -0.3 is 15.5 Å². The molecule has 2 rings (SSSR count). The van der Waals surface area contributed by atoms with Crippen LogP contribution in [0.15, 0.2) is 22.5 Å². The average molecular weight is 464 g/mol. The number of hydrogen-bond acceptors (Lipinski definition) is 3. The van der Waals surface area contributed by atoms with Crippen molar-refractivity contribution in [3.8, 4) is 0 Å².